The van der Waals surface area contributed by atoms with E-state index in [4.69, 9.17) is 18.9 Å². The molecule has 4 aromatic rings. The fraction of sp³-hybridized carbons (Fsp3) is 0.222. The van der Waals surface area contributed by atoms with Gasteiger partial charge in [-0.05, 0) is 53.3 Å². The smallest absolute Gasteiger partial charge is 0.259 e. The second-order valence-corrected chi connectivity index (χ2v) is 7.97. The molecule has 0 unspecified atom stereocenters. The number of methoxy groups -OCH3 is 3. The number of hydrogen-bond donors (Lipinski definition) is 0. The van der Waals surface area contributed by atoms with Crippen LogP contribution in [0.5, 0.6) is 23.0 Å². The molecule has 0 fully saturated rings. The van der Waals surface area contributed by atoms with Gasteiger partial charge in [0.25, 0.3) is 5.56 Å². The molecule has 1 aromatic heterocycles. The van der Waals surface area contributed by atoms with Crippen molar-refractivity contribution in [2.45, 2.75) is 19.6 Å². The van der Waals surface area contributed by atoms with E-state index in [0.717, 1.165) is 34.2 Å². The summed E-state index contributed by atoms with van der Waals surface area (Å²) in [6.07, 6.45) is 0.733. The standard InChI is InChI=1S/C27H25NO5/c1-30-23-13-19-11-22-20-14-26(33-16-17-7-5-4-6-8-17)24(31-2)12-18(20)9-10-28(22)27(29)21(19)15-25(23)32-3/h4-8,11-15H,9-10,16H2,1-3H3. The van der Waals surface area contributed by atoms with Gasteiger partial charge in [0.2, 0.25) is 0 Å². The highest BCUT2D eigenvalue weighted by atomic mass is 16.5. The molecule has 0 saturated carbocycles. The maximum absolute atomic E-state index is 13.4. The van der Waals surface area contributed by atoms with Gasteiger partial charge in [-0.25, -0.2) is 0 Å². The Morgan fingerprint density at radius 2 is 1.52 bits per heavy atom. The molecule has 1 aliphatic rings. The third-order valence-corrected chi connectivity index (χ3v) is 6.12. The lowest BCUT2D eigenvalue weighted by Crippen LogP contribution is -2.26. The summed E-state index contributed by atoms with van der Waals surface area (Å²) in [6, 6.07) is 19.6. The van der Waals surface area contributed by atoms with E-state index in [1.54, 1.807) is 27.4 Å². The van der Waals surface area contributed by atoms with E-state index in [0.29, 0.717) is 41.5 Å². The van der Waals surface area contributed by atoms with Crippen LogP contribution in [0.2, 0.25) is 0 Å². The second kappa shape index (κ2) is 8.54. The summed E-state index contributed by atoms with van der Waals surface area (Å²) in [7, 11) is 4.80. The van der Waals surface area contributed by atoms with E-state index in [1.165, 1.54) is 0 Å². The monoisotopic (exact) mass is 443 g/mol. The molecule has 168 valence electrons. The van der Waals surface area contributed by atoms with E-state index in [-0.39, 0.29) is 5.56 Å². The molecule has 0 spiro atoms. The van der Waals surface area contributed by atoms with Crippen molar-refractivity contribution >= 4 is 10.8 Å². The van der Waals surface area contributed by atoms with Gasteiger partial charge in [-0.1, -0.05) is 30.3 Å². The molecule has 0 N–H and O–H groups in total. The van der Waals surface area contributed by atoms with Gasteiger partial charge in [-0.15, -0.1) is 0 Å². The SMILES string of the molecule is COc1cc2cc3n(c(=O)c2cc1OC)CCc1cc(OC)c(OCc2ccccc2)cc1-3. The molecule has 0 radical (unpaired) electrons. The van der Waals surface area contributed by atoms with Gasteiger partial charge < -0.3 is 23.5 Å². The van der Waals surface area contributed by atoms with Crippen LogP contribution in [0.15, 0.2) is 65.5 Å². The summed E-state index contributed by atoms with van der Waals surface area (Å²) in [5.41, 5.74) is 3.97. The first-order valence-electron chi connectivity index (χ1n) is 10.8. The van der Waals surface area contributed by atoms with Crippen LogP contribution in [-0.2, 0) is 19.6 Å². The fourth-order valence-corrected chi connectivity index (χ4v) is 4.41. The lowest BCUT2D eigenvalue weighted by Gasteiger charge is -2.24. The molecule has 6 heteroatoms. The molecule has 5 rings (SSSR count). The van der Waals surface area contributed by atoms with Crippen molar-refractivity contribution in [1.29, 1.82) is 0 Å². The van der Waals surface area contributed by atoms with Crippen molar-refractivity contribution in [1.82, 2.24) is 4.57 Å². The molecule has 2 heterocycles. The van der Waals surface area contributed by atoms with Crippen molar-refractivity contribution in [3.63, 3.8) is 0 Å². The first-order chi connectivity index (χ1) is 16.1. The molecule has 0 amide bonds. The third-order valence-electron chi connectivity index (χ3n) is 6.12. The van der Waals surface area contributed by atoms with Crippen LogP contribution in [0.3, 0.4) is 0 Å². The summed E-state index contributed by atoms with van der Waals surface area (Å²) in [5.74, 6) is 2.47. The topological polar surface area (TPSA) is 58.9 Å². The molecular formula is C27H25NO5. The zero-order valence-corrected chi connectivity index (χ0v) is 18.9. The molecule has 6 nitrogen and oxygen atoms in total. The number of aromatic nitrogens is 1. The summed E-state index contributed by atoms with van der Waals surface area (Å²) < 4.78 is 24.4. The first kappa shape index (κ1) is 20.9. The number of pyridine rings is 1. The maximum Gasteiger partial charge on any atom is 0.259 e. The molecule has 1 aliphatic heterocycles. The van der Waals surface area contributed by atoms with Crippen molar-refractivity contribution in [3.05, 3.63) is 82.1 Å². The van der Waals surface area contributed by atoms with Crippen molar-refractivity contribution in [3.8, 4) is 34.3 Å². The van der Waals surface area contributed by atoms with E-state index in [2.05, 4.69) is 0 Å². The quantitative estimate of drug-likeness (QED) is 0.427. The highest BCUT2D eigenvalue weighted by Crippen LogP contribution is 2.40. The van der Waals surface area contributed by atoms with Gasteiger partial charge in [0.15, 0.2) is 23.0 Å². The predicted molar refractivity (Wildman–Crippen MR) is 128 cm³/mol. The minimum atomic E-state index is -0.0447. The van der Waals surface area contributed by atoms with Crippen LogP contribution < -0.4 is 24.5 Å². The Labute approximate surface area is 191 Å². The minimum absolute atomic E-state index is 0.0447. The normalized spacial score (nSPS) is 12.1. The molecule has 3 aromatic carbocycles. The van der Waals surface area contributed by atoms with Crippen LogP contribution >= 0.6 is 0 Å². The number of aryl methyl sites for hydroxylation is 1. The van der Waals surface area contributed by atoms with Gasteiger partial charge in [0, 0.05) is 12.1 Å². The zero-order valence-electron chi connectivity index (χ0n) is 18.9. The molecule has 0 saturated heterocycles. The van der Waals surface area contributed by atoms with Crippen LogP contribution in [-0.4, -0.2) is 25.9 Å². The van der Waals surface area contributed by atoms with Gasteiger partial charge in [0.05, 0.1) is 32.4 Å². The fourth-order valence-electron chi connectivity index (χ4n) is 4.41. The van der Waals surface area contributed by atoms with E-state index >= 15 is 0 Å². The van der Waals surface area contributed by atoms with E-state index in [1.807, 2.05) is 59.2 Å². The van der Waals surface area contributed by atoms with Crippen molar-refractivity contribution < 1.29 is 18.9 Å². The second-order valence-electron chi connectivity index (χ2n) is 7.97. The average molecular weight is 443 g/mol. The molecule has 0 bridgehead atoms. The number of ether oxygens (including phenoxy) is 4. The van der Waals surface area contributed by atoms with Crippen LogP contribution in [0, 0.1) is 0 Å². The zero-order chi connectivity index (χ0) is 22.9. The molecule has 0 aliphatic carbocycles. The number of rotatable bonds is 6. The first-order valence-corrected chi connectivity index (χ1v) is 10.8. The van der Waals surface area contributed by atoms with Crippen molar-refractivity contribution in [2.75, 3.05) is 21.3 Å². The van der Waals surface area contributed by atoms with E-state index < -0.39 is 0 Å². The minimum Gasteiger partial charge on any atom is -0.493 e. The Bertz CT molecular complexity index is 1390. The van der Waals surface area contributed by atoms with Crippen LogP contribution in [0.25, 0.3) is 22.0 Å². The molecule has 0 atom stereocenters. The summed E-state index contributed by atoms with van der Waals surface area (Å²) >= 11 is 0. The number of benzene rings is 3. The largest absolute Gasteiger partial charge is 0.493 e. The summed E-state index contributed by atoms with van der Waals surface area (Å²) in [6.45, 7) is 1.02. The highest BCUT2D eigenvalue weighted by Gasteiger charge is 2.22. The lowest BCUT2D eigenvalue weighted by molar-refractivity contribution is 0.284. The Kier molecular flexibility index (Phi) is 5.42. The van der Waals surface area contributed by atoms with E-state index in [9.17, 15) is 4.79 Å². The average Bonchev–Trinajstić information content (AvgIpc) is 2.86. The van der Waals surface area contributed by atoms with Crippen LogP contribution in [0.1, 0.15) is 11.1 Å². The van der Waals surface area contributed by atoms with Gasteiger partial charge in [-0.3, -0.25) is 4.79 Å². The van der Waals surface area contributed by atoms with Crippen molar-refractivity contribution in [2.24, 2.45) is 0 Å². The molecule has 33 heavy (non-hydrogen) atoms. The maximum atomic E-state index is 13.4. The predicted octanol–water partition coefficient (Wildman–Crippen LogP) is 4.83. The Morgan fingerprint density at radius 3 is 2.24 bits per heavy atom. The van der Waals surface area contributed by atoms with Gasteiger partial charge in [-0.2, -0.15) is 0 Å². The summed E-state index contributed by atoms with van der Waals surface area (Å²) in [4.78, 5) is 13.4. The number of fused-ring (bicyclic) bond motifs is 4. The Balaban J connectivity index is 1.63. The highest BCUT2D eigenvalue weighted by molar-refractivity contribution is 5.89. The Hall–Kier alpha value is -3.93. The van der Waals surface area contributed by atoms with Gasteiger partial charge >= 0.3 is 0 Å². The van der Waals surface area contributed by atoms with Gasteiger partial charge in [0.1, 0.15) is 6.61 Å². The number of nitrogens with zero attached hydrogens (tertiary/aromatic N) is 1. The third kappa shape index (κ3) is 3.67. The lowest BCUT2D eigenvalue weighted by atomic mass is 9.95. The number of hydrogen-bond acceptors (Lipinski definition) is 5. The molecular weight excluding hydrogens is 418 g/mol. The summed E-state index contributed by atoms with van der Waals surface area (Å²) in [5, 5.41) is 1.41. The van der Waals surface area contributed by atoms with Crippen LogP contribution in [0.4, 0.5) is 0 Å². The Morgan fingerprint density at radius 1 is 0.818 bits per heavy atom.